The quantitative estimate of drug-likeness (QED) is 0.489. The van der Waals surface area contributed by atoms with Crippen LogP contribution in [0.3, 0.4) is 0 Å². The highest BCUT2D eigenvalue weighted by atomic mass is 16.5. The van der Waals surface area contributed by atoms with Gasteiger partial charge >= 0.3 is 5.97 Å². The van der Waals surface area contributed by atoms with Gasteiger partial charge in [-0.05, 0) is 37.1 Å². The Morgan fingerprint density at radius 3 is 2.54 bits per heavy atom. The van der Waals surface area contributed by atoms with Crippen LogP contribution in [0.25, 0.3) is 0 Å². The Bertz CT molecular complexity index is 681. The number of rotatable bonds is 11. The third-order valence-corrected chi connectivity index (χ3v) is 3.83. The van der Waals surface area contributed by atoms with Gasteiger partial charge in [0.1, 0.15) is 18.1 Å². The molecule has 6 nitrogen and oxygen atoms in total. The van der Waals surface area contributed by atoms with E-state index in [1.165, 1.54) is 7.11 Å². The number of methoxy groups -OCH3 is 1. The molecule has 0 spiro atoms. The molecule has 0 atom stereocenters. The molecule has 0 aliphatic carbocycles. The molecule has 0 radical (unpaired) electrons. The van der Waals surface area contributed by atoms with Crippen molar-refractivity contribution in [2.45, 2.75) is 38.7 Å². The number of benzene rings is 1. The second-order valence-corrected chi connectivity index (χ2v) is 5.86. The zero-order chi connectivity index (χ0) is 18.6. The second-order valence-electron chi connectivity index (χ2n) is 5.86. The number of carbonyl (C=O) groups excluding carboxylic acids is 2. The van der Waals surface area contributed by atoms with Crippen molar-refractivity contribution >= 4 is 11.9 Å². The van der Waals surface area contributed by atoms with Crippen molar-refractivity contribution in [3.05, 3.63) is 54.0 Å². The van der Waals surface area contributed by atoms with Crippen molar-refractivity contribution < 1.29 is 23.5 Å². The van der Waals surface area contributed by atoms with Crippen LogP contribution >= 0.6 is 0 Å². The first kappa shape index (κ1) is 19.6. The van der Waals surface area contributed by atoms with Crippen LogP contribution in [0.15, 0.2) is 46.9 Å². The van der Waals surface area contributed by atoms with Crippen LogP contribution in [-0.2, 0) is 16.1 Å². The Balaban J connectivity index is 1.61. The van der Waals surface area contributed by atoms with Gasteiger partial charge in [-0.2, -0.15) is 0 Å². The molecule has 0 unspecified atom stereocenters. The van der Waals surface area contributed by atoms with Crippen LogP contribution in [0.2, 0.25) is 0 Å². The molecule has 26 heavy (non-hydrogen) atoms. The Morgan fingerprint density at radius 2 is 1.77 bits per heavy atom. The summed E-state index contributed by atoms with van der Waals surface area (Å²) in [5, 5.41) is 2.83. The molecule has 1 N–H and O–H groups in total. The van der Waals surface area contributed by atoms with Crippen molar-refractivity contribution in [2.24, 2.45) is 0 Å². The van der Waals surface area contributed by atoms with Crippen molar-refractivity contribution in [2.75, 3.05) is 13.7 Å². The first-order chi connectivity index (χ1) is 12.7. The average molecular weight is 359 g/mol. The van der Waals surface area contributed by atoms with Crippen LogP contribution in [0.5, 0.6) is 5.75 Å². The van der Waals surface area contributed by atoms with Gasteiger partial charge in [0.25, 0.3) is 5.91 Å². The van der Waals surface area contributed by atoms with Gasteiger partial charge in [-0.15, -0.1) is 0 Å². The van der Waals surface area contributed by atoms with E-state index >= 15 is 0 Å². The fourth-order valence-corrected chi connectivity index (χ4v) is 2.39. The number of esters is 1. The Morgan fingerprint density at radius 1 is 1.00 bits per heavy atom. The molecule has 2 aromatic rings. The van der Waals surface area contributed by atoms with Gasteiger partial charge in [0.15, 0.2) is 5.76 Å². The van der Waals surface area contributed by atoms with Crippen LogP contribution in [0.1, 0.15) is 48.4 Å². The van der Waals surface area contributed by atoms with E-state index in [-0.39, 0.29) is 24.2 Å². The molecule has 0 aliphatic rings. The Kier molecular flexibility index (Phi) is 8.26. The minimum atomic E-state index is -0.231. The molecule has 0 bridgehead atoms. The summed E-state index contributed by atoms with van der Waals surface area (Å²) in [5.74, 6) is 1.22. The molecule has 2 rings (SSSR count). The molecule has 1 heterocycles. The van der Waals surface area contributed by atoms with Crippen LogP contribution < -0.4 is 10.1 Å². The zero-order valence-electron chi connectivity index (χ0n) is 15.0. The molecule has 0 saturated heterocycles. The van der Waals surface area contributed by atoms with Crippen molar-refractivity contribution in [1.29, 1.82) is 0 Å². The predicted octanol–water partition coefficient (Wildman–Crippen LogP) is 3.71. The molecular formula is C20H25NO5. The van der Waals surface area contributed by atoms with E-state index in [9.17, 15) is 9.59 Å². The van der Waals surface area contributed by atoms with Gasteiger partial charge in [-0.25, -0.2) is 0 Å². The van der Waals surface area contributed by atoms with Crippen molar-refractivity contribution in [3.8, 4) is 5.75 Å². The summed E-state index contributed by atoms with van der Waals surface area (Å²) < 4.78 is 15.7. The number of hydrogen-bond donors (Lipinski definition) is 1. The summed E-state index contributed by atoms with van der Waals surface area (Å²) in [6.45, 7) is 0.852. The Labute approximate surface area is 153 Å². The lowest BCUT2D eigenvalue weighted by Gasteiger charge is -2.04. The van der Waals surface area contributed by atoms with Crippen LogP contribution in [0, 0.1) is 0 Å². The third-order valence-electron chi connectivity index (χ3n) is 3.83. The molecule has 1 aromatic carbocycles. The van der Waals surface area contributed by atoms with E-state index in [2.05, 4.69) is 10.1 Å². The molecule has 0 aliphatic heterocycles. The standard InChI is InChI=1S/C20H25NO5/c1-24-19(22)11-7-2-3-8-14-21-20(23)18-13-12-17(26-18)15-25-16-9-5-4-6-10-16/h4-6,9-10,12-13H,2-3,7-8,11,14-15H2,1H3,(H,21,23). The van der Waals surface area contributed by atoms with Gasteiger partial charge in [0.2, 0.25) is 0 Å². The summed E-state index contributed by atoms with van der Waals surface area (Å²) in [4.78, 5) is 23.0. The van der Waals surface area contributed by atoms with E-state index < -0.39 is 0 Å². The van der Waals surface area contributed by atoms with Crippen molar-refractivity contribution in [3.63, 3.8) is 0 Å². The number of hydrogen-bond acceptors (Lipinski definition) is 5. The van der Waals surface area contributed by atoms with E-state index in [0.29, 0.717) is 18.7 Å². The number of unbranched alkanes of at least 4 members (excludes halogenated alkanes) is 3. The van der Waals surface area contributed by atoms with E-state index in [0.717, 1.165) is 31.4 Å². The van der Waals surface area contributed by atoms with E-state index in [4.69, 9.17) is 9.15 Å². The summed E-state index contributed by atoms with van der Waals surface area (Å²) in [5.41, 5.74) is 0. The number of nitrogens with one attached hydrogen (secondary N) is 1. The number of furan rings is 1. The van der Waals surface area contributed by atoms with Crippen LogP contribution in [0.4, 0.5) is 0 Å². The van der Waals surface area contributed by atoms with Gasteiger partial charge < -0.3 is 19.2 Å². The Hall–Kier alpha value is -2.76. The van der Waals surface area contributed by atoms with E-state index in [1.54, 1.807) is 12.1 Å². The molecule has 1 aromatic heterocycles. The largest absolute Gasteiger partial charge is 0.486 e. The average Bonchev–Trinajstić information content (AvgIpc) is 3.15. The summed E-state index contributed by atoms with van der Waals surface area (Å²) in [7, 11) is 1.39. The maximum atomic E-state index is 12.0. The lowest BCUT2D eigenvalue weighted by molar-refractivity contribution is -0.140. The molecule has 0 saturated carbocycles. The molecule has 6 heteroatoms. The molecule has 140 valence electrons. The summed E-state index contributed by atoms with van der Waals surface area (Å²) in [6, 6.07) is 12.8. The van der Waals surface area contributed by atoms with Crippen molar-refractivity contribution in [1.82, 2.24) is 5.32 Å². The fourth-order valence-electron chi connectivity index (χ4n) is 2.39. The highest BCUT2D eigenvalue weighted by Gasteiger charge is 2.11. The second kappa shape index (κ2) is 11.0. The normalized spacial score (nSPS) is 10.3. The maximum absolute atomic E-state index is 12.0. The lowest BCUT2D eigenvalue weighted by Crippen LogP contribution is -2.23. The molecular weight excluding hydrogens is 334 g/mol. The van der Waals surface area contributed by atoms with Crippen LogP contribution in [-0.4, -0.2) is 25.5 Å². The first-order valence-corrected chi connectivity index (χ1v) is 8.80. The van der Waals surface area contributed by atoms with Gasteiger partial charge in [0, 0.05) is 13.0 Å². The fraction of sp³-hybridized carbons (Fsp3) is 0.400. The number of ether oxygens (including phenoxy) is 2. The summed E-state index contributed by atoms with van der Waals surface area (Å²) in [6.07, 6.45) is 4.00. The highest BCUT2D eigenvalue weighted by molar-refractivity contribution is 5.91. The first-order valence-electron chi connectivity index (χ1n) is 8.80. The summed E-state index contributed by atoms with van der Waals surface area (Å²) >= 11 is 0. The molecule has 0 fully saturated rings. The third kappa shape index (κ3) is 7.01. The molecule has 1 amide bonds. The minimum Gasteiger partial charge on any atom is -0.486 e. The smallest absolute Gasteiger partial charge is 0.305 e. The monoisotopic (exact) mass is 359 g/mol. The number of para-hydroxylation sites is 1. The number of amides is 1. The van der Waals surface area contributed by atoms with E-state index in [1.807, 2.05) is 30.3 Å². The van der Waals surface area contributed by atoms with Gasteiger partial charge in [0.05, 0.1) is 7.11 Å². The highest BCUT2D eigenvalue weighted by Crippen LogP contribution is 2.14. The predicted molar refractivity (Wildman–Crippen MR) is 96.9 cm³/mol. The lowest BCUT2D eigenvalue weighted by atomic mass is 10.1. The topological polar surface area (TPSA) is 77.8 Å². The number of carbonyl (C=O) groups is 2. The zero-order valence-corrected chi connectivity index (χ0v) is 15.0. The maximum Gasteiger partial charge on any atom is 0.305 e. The van der Waals surface area contributed by atoms with Gasteiger partial charge in [-0.3, -0.25) is 9.59 Å². The van der Waals surface area contributed by atoms with Gasteiger partial charge in [-0.1, -0.05) is 31.0 Å². The minimum absolute atomic E-state index is 0.178. The SMILES string of the molecule is COC(=O)CCCCCCNC(=O)c1ccc(COc2ccccc2)o1.